The summed E-state index contributed by atoms with van der Waals surface area (Å²) in [6, 6.07) is 0. The molecule has 0 radical (unpaired) electrons. The van der Waals surface area contributed by atoms with Crippen LogP contribution in [0.1, 0.15) is 413 Å². The number of aliphatic hydroxyl groups is 1. The maximum Gasteiger partial charge on any atom is 0.472 e. The number of ether oxygens (including phenoxy) is 4. The van der Waals surface area contributed by atoms with Crippen molar-refractivity contribution >= 4 is 39.5 Å². The van der Waals surface area contributed by atoms with Gasteiger partial charge in [0, 0.05) is 25.7 Å². The fraction of sp³-hybridized carbons (Fsp3) is 0.949. The molecule has 0 saturated heterocycles. The van der Waals surface area contributed by atoms with Crippen molar-refractivity contribution < 1.29 is 80.2 Å². The Morgan fingerprint density at radius 2 is 0.474 bits per heavy atom. The smallest absolute Gasteiger partial charge is 0.462 e. The van der Waals surface area contributed by atoms with E-state index in [9.17, 15) is 43.2 Å². The molecule has 97 heavy (non-hydrogen) atoms. The van der Waals surface area contributed by atoms with Gasteiger partial charge in [0.05, 0.1) is 26.4 Å². The molecule has 0 fully saturated rings. The standard InChI is InChI=1S/C78H152O17P2/c1-6-9-12-15-18-20-22-24-26-28-29-31-33-35-39-43-48-53-58-63-77(82)95-74(68-89-76(81)62-57-52-47-42-38-34-32-30-27-25-23-21-19-16-13-10-7-2)70-93-97(86,87)91-66-72(79)65-90-96(84,85)92-69-73(67-88-75(80)61-56-51-45-17-14-11-8-3)94-78(83)64-59-54-49-44-40-36-37-41-46-50-55-60-71(4)5/h71-74,79H,6-70H2,1-5H3,(H,84,85)(H,86,87)/t72-,73+,74+/m0/s1. The molecule has 0 aliphatic carbocycles. The number of aliphatic hydroxyl groups excluding tert-OH is 1. The van der Waals surface area contributed by atoms with Crippen LogP contribution in [-0.2, 0) is 65.4 Å². The molecule has 19 heteroatoms. The van der Waals surface area contributed by atoms with E-state index in [1.807, 2.05) is 0 Å². The van der Waals surface area contributed by atoms with Gasteiger partial charge in [-0.15, -0.1) is 0 Å². The van der Waals surface area contributed by atoms with E-state index in [0.29, 0.717) is 25.7 Å². The van der Waals surface area contributed by atoms with Crippen molar-refractivity contribution in [1.29, 1.82) is 0 Å². The van der Waals surface area contributed by atoms with Crippen molar-refractivity contribution in [3.63, 3.8) is 0 Å². The molecule has 5 atom stereocenters. The van der Waals surface area contributed by atoms with E-state index < -0.39 is 97.5 Å². The van der Waals surface area contributed by atoms with Gasteiger partial charge in [-0.25, -0.2) is 9.13 Å². The van der Waals surface area contributed by atoms with E-state index in [2.05, 4.69) is 34.6 Å². The summed E-state index contributed by atoms with van der Waals surface area (Å²) in [6.45, 7) is 7.27. The number of carbonyl (C=O) groups excluding carboxylic acids is 4. The molecule has 0 aliphatic rings. The van der Waals surface area contributed by atoms with Gasteiger partial charge >= 0.3 is 39.5 Å². The lowest BCUT2D eigenvalue weighted by molar-refractivity contribution is -0.161. The van der Waals surface area contributed by atoms with Gasteiger partial charge in [-0.3, -0.25) is 37.3 Å². The zero-order chi connectivity index (χ0) is 71.2. The molecule has 0 amide bonds. The first-order chi connectivity index (χ1) is 47.0. The number of hydrogen-bond acceptors (Lipinski definition) is 15. The molecule has 0 aromatic carbocycles. The number of phosphoric ester groups is 2. The summed E-state index contributed by atoms with van der Waals surface area (Å²) < 4.78 is 68.5. The van der Waals surface area contributed by atoms with E-state index in [0.717, 1.165) is 109 Å². The molecule has 0 spiro atoms. The van der Waals surface area contributed by atoms with Crippen LogP contribution in [0, 0.1) is 5.92 Å². The van der Waals surface area contributed by atoms with E-state index >= 15 is 0 Å². The van der Waals surface area contributed by atoms with Crippen LogP contribution in [0.2, 0.25) is 0 Å². The predicted molar refractivity (Wildman–Crippen MR) is 395 cm³/mol. The predicted octanol–water partition coefficient (Wildman–Crippen LogP) is 23.3. The minimum atomic E-state index is -4.96. The lowest BCUT2D eigenvalue weighted by atomic mass is 10.0. The fourth-order valence-corrected chi connectivity index (χ4v) is 13.6. The van der Waals surface area contributed by atoms with E-state index in [1.165, 1.54) is 225 Å². The SMILES string of the molecule is CCCCCCCCCCCCCCCCCCCCCC(=O)O[C@H](COC(=O)CCCCCCCCCCCCCCCCCCC)COP(=O)(O)OC[C@@H](O)COP(=O)(O)OC[C@@H](COC(=O)CCCCCCCCC)OC(=O)CCCCCCCCCCCCCC(C)C. The van der Waals surface area contributed by atoms with Crippen LogP contribution in [0.3, 0.4) is 0 Å². The molecule has 0 saturated carbocycles. The normalized spacial score (nSPS) is 13.9. The fourth-order valence-electron chi connectivity index (χ4n) is 12.1. The Labute approximate surface area is 594 Å². The number of esters is 4. The van der Waals surface area contributed by atoms with Crippen molar-refractivity contribution in [1.82, 2.24) is 0 Å². The van der Waals surface area contributed by atoms with Crippen LogP contribution in [0.25, 0.3) is 0 Å². The third kappa shape index (κ3) is 72.2. The minimum Gasteiger partial charge on any atom is -0.462 e. The van der Waals surface area contributed by atoms with Crippen molar-refractivity contribution in [3.05, 3.63) is 0 Å². The summed E-state index contributed by atoms with van der Waals surface area (Å²) in [6.07, 6.45) is 61.2. The highest BCUT2D eigenvalue weighted by molar-refractivity contribution is 7.47. The number of rotatable bonds is 78. The number of unbranched alkanes of at least 4 members (excludes halogenated alkanes) is 50. The Bertz CT molecular complexity index is 1860. The Hall–Kier alpha value is -1.94. The van der Waals surface area contributed by atoms with Gasteiger partial charge in [0.1, 0.15) is 19.3 Å². The van der Waals surface area contributed by atoms with E-state index in [1.54, 1.807) is 0 Å². The van der Waals surface area contributed by atoms with Crippen LogP contribution in [0.4, 0.5) is 0 Å². The second-order valence-electron chi connectivity index (χ2n) is 28.6. The van der Waals surface area contributed by atoms with E-state index in [-0.39, 0.29) is 25.7 Å². The van der Waals surface area contributed by atoms with Crippen LogP contribution in [-0.4, -0.2) is 96.7 Å². The van der Waals surface area contributed by atoms with Crippen molar-refractivity contribution in [2.24, 2.45) is 5.92 Å². The zero-order valence-corrected chi connectivity index (χ0v) is 65.0. The summed E-state index contributed by atoms with van der Waals surface area (Å²) in [5.74, 6) is -1.35. The van der Waals surface area contributed by atoms with E-state index in [4.69, 9.17) is 37.0 Å². The molecule has 2 unspecified atom stereocenters. The molecule has 0 aromatic rings. The molecule has 0 aliphatic heterocycles. The summed E-state index contributed by atoms with van der Waals surface area (Å²) in [4.78, 5) is 72.8. The van der Waals surface area contributed by atoms with Gasteiger partial charge < -0.3 is 33.8 Å². The quantitative estimate of drug-likeness (QED) is 0.0222. The Morgan fingerprint density at radius 1 is 0.278 bits per heavy atom. The molecule has 0 rings (SSSR count). The maximum atomic E-state index is 13.1. The second-order valence-corrected chi connectivity index (χ2v) is 31.5. The summed E-state index contributed by atoms with van der Waals surface area (Å²) in [5, 5.41) is 10.6. The highest BCUT2D eigenvalue weighted by Crippen LogP contribution is 2.45. The molecular weight excluding hydrogens is 1270 g/mol. The molecular formula is C78H152O17P2. The second kappa shape index (κ2) is 71.1. The number of carbonyl (C=O) groups is 4. The lowest BCUT2D eigenvalue weighted by Gasteiger charge is -2.21. The summed E-state index contributed by atoms with van der Waals surface area (Å²) in [7, 11) is -9.91. The first kappa shape index (κ1) is 95.1. The maximum absolute atomic E-state index is 13.1. The average Bonchev–Trinajstić information content (AvgIpc) is 1.56. The Morgan fingerprint density at radius 3 is 0.701 bits per heavy atom. The van der Waals surface area contributed by atoms with Crippen molar-refractivity contribution in [2.45, 2.75) is 432 Å². The van der Waals surface area contributed by atoms with Gasteiger partial charge in [0.25, 0.3) is 0 Å². The largest absolute Gasteiger partial charge is 0.472 e. The average molecular weight is 1420 g/mol. The van der Waals surface area contributed by atoms with Crippen molar-refractivity contribution in [2.75, 3.05) is 39.6 Å². The first-order valence-corrected chi connectivity index (χ1v) is 43.6. The third-order valence-electron chi connectivity index (χ3n) is 18.3. The highest BCUT2D eigenvalue weighted by Gasteiger charge is 2.30. The Balaban J connectivity index is 5.18. The molecule has 0 aromatic heterocycles. The Kier molecular flexibility index (Phi) is 69.6. The van der Waals surface area contributed by atoms with Gasteiger partial charge in [-0.05, 0) is 31.6 Å². The molecule has 17 nitrogen and oxygen atoms in total. The van der Waals surface area contributed by atoms with Crippen LogP contribution < -0.4 is 0 Å². The zero-order valence-electron chi connectivity index (χ0n) is 63.2. The number of hydrogen-bond donors (Lipinski definition) is 3. The highest BCUT2D eigenvalue weighted by atomic mass is 31.2. The van der Waals surface area contributed by atoms with Gasteiger partial charge in [-0.2, -0.15) is 0 Å². The van der Waals surface area contributed by atoms with Crippen molar-refractivity contribution in [3.8, 4) is 0 Å². The van der Waals surface area contributed by atoms with Crippen LogP contribution >= 0.6 is 15.6 Å². The summed E-state index contributed by atoms with van der Waals surface area (Å²) in [5.41, 5.74) is 0. The lowest BCUT2D eigenvalue weighted by Crippen LogP contribution is -2.30. The first-order valence-electron chi connectivity index (χ1n) is 40.6. The van der Waals surface area contributed by atoms with Gasteiger partial charge in [-0.1, -0.05) is 362 Å². The molecule has 0 heterocycles. The third-order valence-corrected chi connectivity index (χ3v) is 20.2. The van der Waals surface area contributed by atoms with Crippen LogP contribution in [0.5, 0.6) is 0 Å². The van der Waals surface area contributed by atoms with Gasteiger partial charge in [0.2, 0.25) is 0 Å². The summed E-state index contributed by atoms with van der Waals surface area (Å²) >= 11 is 0. The molecule has 576 valence electrons. The minimum absolute atomic E-state index is 0.106. The topological polar surface area (TPSA) is 237 Å². The monoisotopic (exact) mass is 1420 g/mol. The molecule has 3 N–H and O–H groups in total. The van der Waals surface area contributed by atoms with Crippen LogP contribution in [0.15, 0.2) is 0 Å². The number of phosphoric acid groups is 2. The van der Waals surface area contributed by atoms with Gasteiger partial charge in [0.15, 0.2) is 12.2 Å². The molecule has 0 bridgehead atoms.